The number of rotatable bonds is 3. The van der Waals surface area contributed by atoms with Crippen LogP contribution in [-0.4, -0.2) is 39.5 Å². The lowest BCUT2D eigenvalue weighted by Crippen LogP contribution is -2.39. The Bertz CT molecular complexity index is 540. The fourth-order valence-corrected chi connectivity index (χ4v) is 2.79. The number of nitrogens with zero attached hydrogens (tertiary/aromatic N) is 2. The standard InChI is InChI=1S/C15H20N2O3/c1-9(2)13-5-4-8-17(13)14(18)12-7-6-11(15(19)20)10(3)16-12/h6-7,9,13H,4-5,8H2,1-3H3,(H,19,20). The minimum atomic E-state index is -1.02. The Balaban J connectivity index is 2.25. The molecule has 2 rings (SSSR count). The van der Waals surface area contributed by atoms with Crippen LogP contribution >= 0.6 is 0 Å². The van der Waals surface area contributed by atoms with E-state index in [9.17, 15) is 9.59 Å². The number of aromatic nitrogens is 1. The molecule has 0 radical (unpaired) electrons. The molecule has 1 amide bonds. The Morgan fingerprint density at radius 3 is 2.65 bits per heavy atom. The zero-order chi connectivity index (χ0) is 14.9. The second-order valence-electron chi connectivity index (χ2n) is 5.59. The van der Waals surface area contributed by atoms with Crippen LogP contribution in [0.2, 0.25) is 0 Å². The van der Waals surface area contributed by atoms with Gasteiger partial charge in [0.2, 0.25) is 0 Å². The van der Waals surface area contributed by atoms with E-state index in [1.54, 1.807) is 6.92 Å². The van der Waals surface area contributed by atoms with Crippen LogP contribution in [0.3, 0.4) is 0 Å². The van der Waals surface area contributed by atoms with Gasteiger partial charge in [-0.1, -0.05) is 13.8 Å². The predicted octanol–water partition coefficient (Wildman–Crippen LogP) is 2.35. The minimum absolute atomic E-state index is 0.0961. The van der Waals surface area contributed by atoms with Crippen molar-refractivity contribution in [3.63, 3.8) is 0 Å². The summed E-state index contributed by atoms with van der Waals surface area (Å²) in [5.74, 6) is -0.697. The highest BCUT2D eigenvalue weighted by Crippen LogP contribution is 2.25. The van der Waals surface area contributed by atoms with Gasteiger partial charge in [0.25, 0.3) is 5.91 Å². The lowest BCUT2D eigenvalue weighted by molar-refractivity contribution is 0.0680. The van der Waals surface area contributed by atoms with E-state index in [0.717, 1.165) is 19.4 Å². The van der Waals surface area contributed by atoms with Gasteiger partial charge in [0.05, 0.1) is 11.3 Å². The lowest BCUT2D eigenvalue weighted by atomic mass is 10.0. The molecule has 0 bridgehead atoms. The summed E-state index contributed by atoms with van der Waals surface area (Å²) in [5, 5.41) is 8.99. The van der Waals surface area contributed by atoms with E-state index < -0.39 is 5.97 Å². The number of carbonyl (C=O) groups is 2. The van der Waals surface area contributed by atoms with E-state index >= 15 is 0 Å². The van der Waals surface area contributed by atoms with E-state index in [-0.39, 0.29) is 17.5 Å². The SMILES string of the molecule is Cc1nc(C(=O)N2CCCC2C(C)C)ccc1C(=O)O. The van der Waals surface area contributed by atoms with E-state index in [1.807, 2.05) is 4.90 Å². The molecule has 1 unspecified atom stereocenters. The van der Waals surface area contributed by atoms with Gasteiger partial charge in [-0.15, -0.1) is 0 Å². The molecule has 0 spiro atoms. The monoisotopic (exact) mass is 276 g/mol. The van der Waals surface area contributed by atoms with Crippen LogP contribution < -0.4 is 0 Å². The number of likely N-dealkylation sites (tertiary alicyclic amines) is 1. The van der Waals surface area contributed by atoms with Crippen molar-refractivity contribution in [1.82, 2.24) is 9.88 Å². The maximum atomic E-state index is 12.5. The first-order chi connectivity index (χ1) is 9.41. The van der Waals surface area contributed by atoms with Crippen molar-refractivity contribution in [1.29, 1.82) is 0 Å². The number of carboxylic acids is 1. The summed E-state index contributed by atoms with van der Waals surface area (Å²) in [4.78, 5) is 29.5. The molecular formula is C15H20N2O3. The van der Waals surface area contributed by atoms with Crippen LogP contribution in [0.4, 0.5) is 0 Å². The molecule has 1 saturated heterocycles. The van der Waals surface area contributed by atoms with Crippen molar-refractivity contribution in [2.24, 2.45) is 5.92 Å². The number of carboxylic acid groups (broad SMARTS) is 1. The first kappa shape index (κ1) is 14.5. The first-order valence-corrected chi connectivity index (χ1v) is 6.93. The maximum Gasteiger partial charge on any atom is 0.337 e. The molecule has 0 aliphatic carbocycles. The fraction of sp³-hybridized carbons (Fsp3) is 0.533. The van der Waals surface area contributed by atoms with E-state index in [1.165, 1.54) is 12.1 Å². The molecule has 2 heterocycles. The molecule has 0 saturated carbocycles. The average Bonchev–Trinajstić information content (AvgIpc) is 2.86. The third kappa shape index (κ3) is 2.66. The number of aryl methyl sites for hydroxylation is 1. The summed E-state index contributed by atoms with van der Waals surface area (Å²) in [7, 11) is 0. The largest absolute Gasteiger partial charge is 0.478 e. The van der Waals surface area contributed by atoms with Crippen LogP contribution in [0.1, 0.15) is 53.2 Å². The molecule has 1 aromatic rings. The zero-order valence-electron chi connectivity index (χ0n) is 12.1. The number of amides is 1. The Morgan fingerprint density at radius 1 is 1.40 bits per heavy atom. The van der Waals surface area contributed by atoms with Gasteiger partial charge in [0.1, 0.15) is 5.69 Å². The molecule has 1 N–H and O–H groups in total. The van der Waals surface area contributed by atoms with Gasteiger partial charge in [0.15, 0.2) is 0 Å². The van der Waals surface area contributed by atoms with E-state index in [0.29, 0.717) is 17.3 Å². The molecule has 5 nitrogen and oxygen atoms in total. The molecule has 20 heavy (non-hydrogen) atoms. The van der Waals surface area contributed by atoms with Crippen molar-refractivity contribution in [3.8, 4) is 0 Å². The van der Waals surface area contributed by atoms with Crippen LogP contribution in [-0.2, 0) is 0 Å². The molecule has 5 heteroatoms. The van der Waals surface area contributed by atoms with Gasteiger partial charge in [-0.25, -0.2) is 9.78 Å². The van der Waals surface area contributed by atoms with Crippen LogP contribution in [0, 0.1) is 12.8 Å². The minimum Gasteiger partial charge on any atom is -0.478 e. The van der Waals surface area contributed by atoms with Gasteiger partial charge in [0, 0.05) is 12.6 Å². The summed E-state index contributed by atoms with van der Waals surface area (Å²) in [6.07, 6.45) is 2.04. The second kappa shape index (κ2) is 5.61. The normalized spacial score (nSPS) is 18.6. The highest BCUT2D eigenvalue weighted by atomic mass is 16.4. The quantitative estimate of drug-likeness (QED) is 0.920. The molecule has 0 aromatic carbocycles. The zero-order valence-corrected chi connectivity index (χ0v) is 12.1. The molecule has 1 fully saturated rings. The van der Waals surface area contributed by atoms with E-state index in [4.69, 9.17) is 5.11 Å². The topological polar surface area (TPSA) is 70.5 Å². The molecule has 108 valence electrons. The number of carbonyl (C=O) groups excluding carboxylic acids is 1. The molecule has 1 aromatic heterocycles. The molecule has 1 atom stereocenters. The Morgan fingerprint density at radius 2 is 2.10 bits per heavy atom. The summed E-state index contributed by atoms with van der Waals surface area (Å²) in [6, 6.07) is 3.22. The van der Waals surface area contributed by atoms with Crippen molar-refractivity contribution in [3.05, 3.63) is 29.1 Å². The fourth-order valence-electron chi connectivity index (χ4n) is 2.79. The van der Waals surface area contributed by atoms with Gasteiger partial charge < -0.3 is 10.0 Å². The van der Waals surface area contributed by atoms with Crippen molar-refractivity contribution >= 4 is 11.9 Å². The van der Waals surface area contributed by atoms with Crippen molar-refractivity contribution in [2.75, 3.05) is 6.54 Å². The summed E-state index contributed by atoms with van der Waals surface area (Å²) in [6.45, 7) is 6.60. The Hall–Kier alpha value is -1.91. The average molecular weight is 276 g/mol. The van der Waals surface area contributed by atoms with E-state index in [2.05, 4.69) is 18.8 Å². The predicted molar refractivity (Wildman–Crippen MR) is 74.8 cm³/mol. The van der Waals surface area contributed by atoms with Gasteiger partial charge in [-0.2, -0.15) is 0 Å². The summed E-state index contributed by atoms with van der Waals surface area (Å²) >= 11 is 0. The van der Waals surface area contributed by atoms with Gasteiger partial charge >= 0.3 is 5.97 Å². The third-order valence-corrected chi connectivity index (χ3v) is 3.86. The number of hydrogen-bond acceptors (Lipinski definition) is 3. The molecular weight excluding hydrogens is 256 g/mol. The van der Waals surface area contributed by atoms with Gasteiger partial charge in [-0.05, 0) is 37.8 Å². The smallest absolute Gasteiger partial charge is 0.337 e. The molecule has 1 aliphatic heterocycles. The van der Waals surface area contributed by atoms with Crippen LogP contribution in [0.15, 0.2) is 12.1 Å². The summed E-state index contributed by atoms with van der Waals surface area (Å²) < 4.78 is 0. The van der Waals surface area contributed by atoms with Crippen LogP contribution in [0.25, 0.3) is 0 Å². The Kier molecular flexibility index (Phi) is 4.06. The Labute approximate surface area is 118 Å². The van der Waals surface area contributed by atoms with Gasteiger partial charge in [-0.3, -0.25) is 4.79 Å². The van der Waals surface area contributed by atoms with Crippen molar-refractivity contribution < 1.29 is 14.7 Å². The third-order valence-electron chi connectivity index (χ3n) is 3.86. The summed E-state index contributed by atoms with van der Waals surface area (Å²) in [5.41, 5.74) is 0.854. The maximum absolute atomic E-state index is 12.5. The molecule has 1 aliphatic rings. The number of hydrogen-bond donors (Lipinski definition) is 1. The lowest BCUT2D eigenvalue weighted by Gasteiger charge is -2.27. The highest BCUT2D eigenvalue weighted by molar-refractivity contribution is 5.94. The first-order valence-electron chi connectivity index (χ1n) is 6.93. The second-order valence-corrected chi connectivity index (χ2v) is 5.59. The highest BCUT2D eigenvalue weighted by Gasteiger charge is 2.32. The number of aromatic carboxylic acids is 1. The van der Waals surface area contributed by atoms with Crippen molar-refractivity contribution in [2.45, 2.75) is 39.7 Å². The number of pyridine rings is 1. The van der Waals surface area contributed by atoms with Crippen LogP contribution in [0.5, 0.6) is 0 Å².